The van der Waals surface area contributed by atoms with Gasteiger partial charge >= 0.3 is 5.69 Å². The van der Waals surface area contributed by atoms with Crippen molar-refractivity contribution in [3.63, 3.8) is 0 Å². The Balaban J connectivity index is 2.69. The van der Waals surface area contributed by atoms with E-state index in [-0.39, 0.29) is 5.69 Å². The lowest BCUT2D eigenvalue weighted by atomic mass is 10.4. The number of hydrogen-bond donors (Lipinski definition) is 0. The molecule has 0 aromatic carbocycles. The standard InChI is InChI=1S/C8H9ClN2O2S/c9-3-1-5-14-8-2-4-10-6-7(8)11(12)13/h2,4,6H,1,3,5H2. The number of rotatable bonds is 5. The molecule has 0 atom stereocenters. The van der Waals surface area contributed by atoms with E-state index in [2.05, 4.69) is 4.98 Å². The van der Waals surface area contributed by atoms with Gasteiger partial charge in [-0.1, -0.05) is 0 Å². The maximum atomic E-state index is 10.6. The Morgan fingerprint density at radius 2 is 2.43 bits per heavy atom. The van der Waals surface area contributed by atoms with Gasteiger partial charge in [0.1, 0.15) is 6.20 Å². The number of alkyl halides is 1. The number of nitrogens with zero attached hydrogens (tertiary/aromatic N) is 2. The molecule has 1 rings (SSSR count). The van der Waals surface area contributed by atoms with Crippen LogP contribution in [-0.2, 0) is 0 Å². The zero-order valence-corrected chi connectivity index (χ0v) is 8.92. The predicted molar refractivity (Wildman–Crippen MR) is 57.0 cm³/mol. The molecule has 0 bridgehead atoms. The average molecular weight is 233 g/mol. The van der Waals surface area contributed by atoms with Crippen molar-refractivity contribution in [2.24, 2.45) is 0 Å². The first-order chi connectivity index (χ1) is 6.75. The van der Waals surface area contributed by atoms with E-state index in [1.165, 1.54) is 18.0 Å². The topological polar surface area (TPSA) is 56.0 Å². The summed E-state index contributed by atoms with van der Waals surface area (Å²) in [4.78, 5) is 14.5. The molecule has 0 radical (unpaired) electrons. The van der Waals surface area contributed by atoms with Gasteiger partial charge < -0.3 is 0 Å². The summed E-state index contributed by atoms with van der Waals surface area (Å²) in [6.07, 6.45) is 3.66. The Hall–Kier alpha value is -0.810. The van der Waals surface area contributed by atoms with E-state index in [0.29, 0.717) is 10.8 Å². The quantitative estimate of drug-likeness (QED) is 0.258. The van der Waals surface area contributed by atoms with E-state index >= 15 is 0 Å². The SMILES string of the molecule is O=[N+]([O-])c1cnccc1SCCCCl. The molecule has 0 spiro atoms. The number of thioether (sulfide) groups is 1. The summed E-state index contributed by atoms with van der Waals surface area (Å²) in [6.45, 7) is 0. The molecule has 0 aliphatic carbocycles. The normalized spacial score (nSPS) is 10.1. The third-order valence-corrected chi connectivity index (χ3v) is 2.91. The van der Waals surface area contributed by atoms with E-state index in [0.717, 1.165) is 12.2 Å². The molecule has 0 N–H and O–H groups in total. The highest BCUT2D eigenvalue weighted by molar-refractivity contribution is 7.99. The second-order valence-electron chi connectivity index (χ2n) is 2.49. The summed E-state index contributed by atoms with van der Waals surface area (Å²) in [7, 11) is 0. The van der Waals surface area contributed by atoms with Gasteiger partial charge in [0, 0.05) is 12.1 Å². The number of halogens is 1. The smallest absolute Gasteiger partial charge is 0.258 e. The molecule has 0 saturated heterocycles. The van der Waals surface area contributed by atoms with Crippen LogP contribution in [0.15, 0.2) is 23.4 Å². The second kappa shape index (κ2) is 5.82. The van der Waals surface area contributed by atoms with Gasteiger partial charge in [0.2, 0.25) is 0 Å². The number of nitro groups is 1. The highest BCUT2D eigenvalue weighted by atomic mass is 35.5. The fourth-order valence-electron chi connectivity index (χ4n) is 0.869. The van der Waals surface area contributed by atoms with Gasteiger partial charge in [0.25, 0.3) is 0 Å². The molecule has 0 fully saturated rings. The van der Waals surface area contributed by atoms with E-state index in [9.17, 15) is 10.1 Å². The van der Waals surface area contributed by atoms with Gasteiger partial charge in [-0.2, -0.15) is 0 Å². The minimum atomic E-state index is -0.421. The van der Waals surface area contributed by atoms with Crippen molar-refractivity contribution in [2.75, 3.05) is 11.6 Å². The highest BCUT2D eigenvalue weighted by Crippen LogP contribution is 2.27. The first kappa shape index (κ1) is 11.3. The van der Waals surface area contributed by atoms with Crippen LogP contribution in [-0.4, -0.2) is 21.5 Å². The van der Waals surface area contributed by atoms with Crippen LogP contribution in [0, 0.1) is 10.1 Å². The van der Waals surface area contributed by atoms with Crippen LogP contribution in [0.3, 0.4) is 0 Å². The van der Waals surface area contributed by atoms with Crippen molar-refractivity contribution in [1.82, 2.24) is 4.98 Å². The monoisotopic (exact) mass is 232 g/mol. The molecule has 6 heteroatoms. The zero-order chi connectivity index (χ0) is 10.4. The molecule has 1 aromatic heterocycles. The third kappa shape index (κ3) is 3.16. The summed E-state index contributed by atoms with van der Waals surface area (Å²) >= 11 is 6.94. The Bertz CT molecular complexity index is 322. The third-order valence-electron chi connectivity index (χ3n) is 1.49. The largest absolute Gasteiger partial charge is 0.300 e. The molecule has 0 unspecified atom stereocenters. The predicted octanol–water partition coefficient (Wildman–Crippen LogP) is 2.71. The Morgan fingerprint density at radius 1 is 1.64 bits per heavy atom. The lowest BCUT2D eigenvalue weighted by Crippen LogP contribution is -1.92. The zero-order valence-electron chi connectivity index (χ0n) is 7.35. The molecule has 4 nitrogen and oxygen atoms in total. The van der Waals surface area contributed by atoms with Crippen molar-refractivity contribution in [3.05, 3.63) is 28.6 Å². The van der Waals surface area contributed by atoms with E-state index in [4.69, 9.17) is 11.6 Å². The Labute approximate surface area is 90.8 Å². The Kier molecular flexibility index (Phi) is 4.69. The Morgan fingerprint density at radius 3 is 3.07 bits per heavy atom. The molecule has 76 valence electrons. The van der Waals surface area contributed by atoms with Crippen LogP contribution in [0.5, 0.6) is 0 Å². The number of hydrogen-bond acceptors (Lipinski definition) is 4. The van der Waals surface area contributed by atoms with Crippen molar-refractivity contribution in [2.45, 2.75) is 11.3 Å². The fraction of sp³-hybridized carbons (Fsp3) is 0.375. The van der Waals surface area contributed by atoms with Crippen LogP contribution in [0.2, 0.25) is 0 Å². The lowest BCUT2D eigenvalue weighted by Gasteiger charge is -2.00. The van der Waals surface area contributed by atoms with Crippen LogP contribution in [0.4, 0.5) is 5.69 Å². The van der Waals surface area contributed by atoms with Crippen LogP contribution in [0.1, 0.15) is 6.42 Å². The van der Waals surface area contributed by atoms with Gasteiger partial charge in [-0.15, -0.1) is 23.4 Å². The summed E-state index contributed by atoms with van der Waals surface area (Å²) in [5.41, 5.74) is 0.0621. The maximum absolute atomic E-state index is 10.6. The van der Waals surface area contributed by atoms with Crippen molar-refractivity contribution in [1.29, 1.82) is 0 Å². The van der Waals surface area contributed by atoms with Gasteiger partial charge in [0.15, 0.2) is 0 Å². The van der Waals surface area contributed by atoms with Crippen LogP contribution in [0.25, 0.3) is 0 Å². The minimum Gasteiger partial charge on any atom is -0.258 e. The summed E-state index contributed by atoms with van der Waals surface area (Å²) in [5.74, 6) is 1.36. The molecule has 14 heavy (non-hydrogen) atoms. The molecular weight excluding hydrogens is 224 g/mol. The van der Waals surface area contributed by atoms with Crippen molar-refractivity contribution >= 4 is 29.1 Å². The van der Waals surface area contributed by atoms with Gasteiger partial charge in [-0.05, 0) is 18.2 Å². The molecule has 1 aromatic rings. The van der Waals surface area contributed by atoms with Crippen LogP contribution >= 0.6 is 23.4 Å². The summed E-state index contributed by atoms with van der Waals surface area (Å²) in [6, 6.07) is 1.65. The van der Waals surface area contributed by atoms with Crippen molar-refractivity contribution in [3.8, 4) is 0 Å². The van der Waals surface area contributed by atoms with E-state index in [1.807, 2.05) is 0 Å². The molecule has 0 aliphatic heterocycles. The van der Waals surface area contributed by atoms with Crippen molar-refractivity contribution < 1.29 is 4.92 Å². The van der Waals surface area contributed by atoms with Gasteiger partial charge in [-0.25, -0.2) is 0 Å². The molecule has 0 amide bonds. The van der Waals surface area contributed by atoms with E-state index in [1.54, 1.807) is 12.3 Å². The number of pyridine rings is 1. The fourth-order valence-corrected chi connectivity index (χ4v) is 2.10. The van der Waals surface area contributed by atoms with Gasteiger partial charge in [0.05, 0.1) is 9.82 Å². The first-order valence-corrected chi connectivity index (χ1v) is 5.55. The summed E-state index contributed by atoms with van der Waals surface area (Å²) in [5, 5.41) is 10.6. The second-order valence-corrected chi connectivity index (χ2v) is 4.01. The molecule has 0 saturated carbocycles. The first-order valence-electron chi connectivity index (χ1n) is 4.03. The number of aromatic nitrogens is 1. The molecular formula is C8H9ClN2O2S. The maximum Gasteiger partial charge on any atom is 0.300 e. The van der Waals surface area contributed by atoms with E-state index < -0.39 is 4.92 Å². The summed E-state index contributed by atoms with van der Waals surface area (Å²) < 4.78 is 0. The van der Waals surface area contributed by atoms with Crippen LogP contribution < -0.4 is 0 Å². The molecule has 1 heterocycles. The minimum absolute atomic E-state index is 0.0621. The lowest BCUT2D eigenvalue weighted by molar-refractivity contribution is -0.388. The average Bonchev–Trinajstić information content (AvgIpc) is 2.19. The molecule has 0 aliphatic rings. The highest BCUT2D eigenvalue weighted by Gasteiger charge is 2.12. The van der Waals surface area contributed by atoms with Gasteiger partial charge in [-0.3, -0.25) is 15.1 Å².